The Morgan fingerprint density at radius 1 is 1.08 bits per heavy atom. The van der Waals surface area contributed by atoms with E-state index in [2.05, 4.69) is 27.2 Å². The summed E-state index contributed by atoms with van der Waals surface area (Å²) in [6.07, 6.45) is 1.97. The Labute approximate surface area is 159 Å². The van der Waals surface area contributed by atoms with Gasteiger partial charge in [-0.1, -0.05) is 24.3 Å². The van der Waals surface area contributed by atoms with Gasteiger partial charge in [-0.15, -0.1) is 0 Å². The predicted molar refractivity (Wildman–Crippen MR) is 110 cm³/mol. The molecule has 2 aromatic rings. The molecule has 134 valence electrons. The highest BCUT2D eigenvalue weighted by Crippen LogP contribution is 2.32. The largest absolute Gasteiger partial charge is 0.488 e. The Morgan fingerprint density at radius 2 is 1.88 bits per heavy atom. The van der Waals surface area contributed by atoms with Gasteiger partial charge in [0.2, 0.25) is 0 Å². The van der Waals surface area contributed by atoms with Crippen LogP contribution in [0.4, 0.5) is 11.4 Å². The molecule has 0 amide bonds. The van der Waals surface area contributed by atoms with Gasteiger partial charge in [0.15, 0.2) is 5.11 Å². The van der Waals surface area contributed by atoms with Gasteiger partial charge in [0.25, 0.3) is 0 Å². The molecule has 2 aromatic carbocycles. The van der Waals surface area contributed by atoms with Gasteiger partial charge < -0.3 is 25.6 Å². The molecule has 5 nitrogen and oxygen atoms in total. The molecule has 0 bridgehead atoms. The molecule has 1 fully saturated rings. The highest BCUT2D eigenvalue weighted by atomic mass is 32.1. The molecule has 3 N–H and O–H groups in total. The number of anilines is 2. The summed E-state index contributed by atoms with van der Waals surface area (Å²) in [5.74, 6) is 0.933. The molecule has 1 saturated heterocycles. The van der Waals surface area contributed by atoms with Gasteiger partial charge in [-0.2, -0.15) is 0 Å². The normalized spacial score (nSPS) is 17.8. The summed E-state index contributed by atoms with van der Waals surface area (Å²) < 4.78 is 5.68. The number of nitrogens with zero attached hydrogens (tertiary/aromatic N) is 2. The zero-order valence-electron chi connectivity index (χ0n) is 14.5. The van der Waals surface area contributed by atoms with Gasteiger partial charge in [-0.3, -0.25) is 0 Å². The Bertz CT molecular complexity index is 843. The lowest BCUT2D eigenvalue weighted by Gasteiger charge is -2.37. The molecule has 6 heteroatoms. The first kappa shape index (κ1) is 16.7. The lowest BCUT2D eigenvalue weighted by atomic mass is 10.1. The SMILES string of the molecule is Nc1cccc(N2CCN(C(=S)N/C=C3/COc4ccccc43)CC2)c1. The van der Waals surface area contributed by atoms with Crippen LogP contribution in [0.15, 0.2) is 54.7 Å². The zero-order valence-corrected chi connectivity index (χ0v) is 15.3. The van der Waals surface area contributed by atoms with Gasteiger partial charge in [-0.05, 0) is 36.5 Å². The minimum absolute atomic E-state index is 0.582. The summed E-state index contributed by atoms with van der Waals surface area (Å²) in [5.41, 5.74) is 10.1. The third-order valence-electron chi connectivity index (χ3n) is 4.79. The van der Waals surface area contributed by atoms with Crippen LogP contribution in [0.25, 0.3) is 5.57 Å². The summed E-state index contributed by atoms with van der Waals surface area (Å²) in [5, 5.41) is 4.03. The lowest BCUT2D eigenvalue weighted by Crippen LogP contribution is -2.51. The minimum atomic E-state index is 0.582. The molecule has 26 heavy (non-hydrogen) atoms. The number of nitrogens with one attached hydrogen (secondary N) is 1. The number of nitrogens with two attached hydrogens (primary N) is 1. The number of para-hydroxylation sites is 1. The van der Waals surface area contributed by atoms with E-state index >= 15 is 0 Å². The Balaban J connectivity index is 1.34. The topological polar surface area (TPSA) is 53.8 Å². The molecule has 0 aromatic heterocycles. The van der Waals surface area contributed by atoms with Crippen molar-refractivity contribution in [3.05, 3.63) is 60.3 Å². The van der Waals surface area contributed by atoms with Crippen LogP contribution in [0.2, 0.25) is 0 Å². The van der Waals surface area contributed by atoms with Crippen molar-refractivity contribution in [1.82, 2.24) is 10.2 Å². The lowest BCUT2D eigenvalue weighted by molar-refractivity contribution is 0.383. The molecule has 2 aliphatic rings. The van der Waals surface area contributed by atoms with Gasteiger partial charge >= 0.3 is 0 Å². The number of nitrogen functional groups attached to an aromatic ring is 1. The summed E-state index contributed by atoms with van der Waals surface area (Å²) in [6, 6.07) is 16.1. The molecule has 0 radical (unpaired) electrons. The maximum Gasteiger partial charge on any atom is 0.173 e. The standard InChI is InChI=1S/C20H22N4OS/c21-16-4-3-5-17(12-16)23-8-10-24(11-9-23)20(26)22-13-15-14-25-19-7-2-1-6-18(15)19/h1-7,12-13H,8-11,14,21H2,(H,22,26)/b15-13-. The summed E-state index contributed by atoms with van der Waals surface area (Å²) >= 11 is 5.57. The number of hydrogen-bond acceptors (Lipinski definition) is 4. The smallest absolute Gasteiger partial charge is 0.173 e. The number of hydrogen-bond donors (Lipinski definition) is 2. The number of piperazine rings is 1. The van der Waals surface area contributed by atoms with Crippen LogP contribution < -0.4 is 20.7 Å². The highest BCUT2D eigenvalue weighted by molar-refractivity contribution is 7.80. The van der Waals surface area contributed by atoms with Crippen LogP contribution in [-0.4, -0.2) is 42.8 Å². The van der Waals surface area contributed by atoms with E-state index in [4.69, 9.17) is 22.7 Å². The van der Waals surface area contributed by atoms with Crippen molar-refractivity contribution in [2.24, 2.45) is 0 Å². The van der Waals surface area contributed by atoms with E-state index in [0.29, 0.717) is 6.61 Å². The number of thiocarbonyl (C=S) groups is 1. The van der Waals surface area contributed by atoms with E-state index in [1.165, 1.54) is 5.69 Å². The highest BCUT2D eigenvalue weighted by Gasteiger charge is 2.20. The van der Waals surface area contributed by atoms with Crippen LogP contribution in [0.3, 0.4) is 0 Å². The van der Waals surface area contributed by atoms with E-state index in [1.54, 1.807) is 0 Å². The van der Waals surface area contributed by atoms with E-state index in [-0.39, 0.29) is 0 Å². The third-order valence-corrected chi connectivity index (χ3v) is 5.16. The molecule has 2 aliphatic heterocycles. The summed E-state index contributed by atoms with van der Waals surface area (Å²) in [6.45, 7) is 4.20. The van der Waals surface area contributed by atoms with Gasteiger partial charge in [-0.25, -0.2) is 0 Å². The molecule has 0 aliphatic carbocycles. The Kier molecular flexibility index (Phi) is 4.67. The Hall–Kier alpha value is -2.73. The molecular weight excluding hydrogens is 344 g/mol. The fourth-order valence-electron chi connectivity index (χ4n) is 3.34. The monoisotopic (exact) mass is 366 g/mol. The van der Waals surface area contributed by atoms with Crippen molar-refractivity contribution in [3.8, 4) is 5.75 Å². The fourth-order valence-corrected chi connectivity index (χ4v) is 3.58. The fraction of sp³-hybridized carbons (Fsp3) is 0.250. The van der Waals surface area contributed by atoms with E-state index < -0.39 is 0 Å². The average molecular weight is 366 g/mol. The minimum Gasteiger partial charge on any atom is -0.488 e. The van der Waals surface area contributed by atoms with Crippen LogP contribution in [-0.2, 0) is 0 Å². The maximum absolute atomic E-state index is 5.89. The molecule has 0 spiro atoms. The second-order valence-corrected chi connectivity index (χ2v) is 6.86. The zero-order chi connectivity index (χ0) is 17.9. The van der Waals surface area contributed by atoms with Crippen molar-refractivity contribution in [3.63, 3.8) is 0 Å². The van der Waals surface area contributed by atoms with Crippen LogP contribution in [0, 0.1) is 0 Å². The van der Waals surface area contributed by atoms with Gasteiger partial charge in [0.05, 0.1) is 0 Å². The first-order valence-corrected chi connectivity index (χ1v) is 9.19. The number of benzene rings is 2. The first-order chi connectivity index (χ1) is 12.7. The molecule has 0 atom stereocenters. The second-order valence-electron chi connectivity index (χ2n) is 6.47. The van der Waals surface area contributed by atoms with Crippen molar-refractivity contribution >= 4 is 34.3 Å². The van der Waals surface area contributed by atoms with Crippen molar-refractivity contribution < 1.29 is 4.74 Å². The van der Waals surface area contributed by atoms with Crippen molar-refractivity contribution in [2.45, 2.75) is 0 Å². The molecule has 2 heterocycles. The van der Waals surface area contributed by atoms with Crippen LogP contribution >= 0.6 is 12.2 Å². The maximum atomic E-state index is 5.89. The first-order valence-electron chi connectivity index (χ1n) is 8.78. The molecule has 4 rings (SSSR count). The van der Waals surface area contributed by atoms with Crippen LogP contribution in [0.5, 0.6) is 5.75 Å². The second kappa shape index (κ2) is 7.25. The number of fused-ring (bicyclic) bond motifs is 1. The predicted octanol–water partition coefficient (Wildman–Crippen LogP) is 2.70. The van der Waals surface area contributed by atoms with Gasteiger partial charge in [0, 0.05) is 54.9 Å². The van der Waals surface area contributed by atoms with Crippen molar-refractivity contribution in [2.75, 3.05) is 43.4 Å². The number of ether oxygens (including phenoxy) is 1. The van der Waals surface area contributed by atoms with E-state index in [9.17, 15) is 0 Å². The number of rotatable bonds is 2. The molecular formula is C20H22N4OS. The molecule has 0 saturated carbocycles. The summed E-state index contributed by atoms with van der Waals surface area (Å²) in [7, 11) is 0. The summed E-state index contributed by atoms with van der Waals surface area (Å²) in [4.78, 5) is 4.55. The van der Waals surface area contributed by atoms with E-state index in [1.807, 2.05) is 42.6 Å². The van der Waals surface area contributed by atoms with Gasteiger partial charge in [0.1, 0.15) is 12.4 Å². The van der Waals surface area contributed by atoms with Crippen LogP contribution in [0.1, 0.15) is 5.56 Å². The van der Waals surface area contributed by atoms with Crippen molar-refractivity contribution in [1.29, 1.82) is 0 Å². The molecule has 0 unspecified atom stereocenters. The third kappa shape index (κ3) is 3.46. The Morgan fingerprint density at radius 3 is 2.69 bits per heavy atom. The van der Waals surface area contributed by atoms with E-state index in [0.717, 1.165) is 53.9 Å². The average Bonchev–Trinajstić information content (AvgIpc) is 3.09. The quantitative estimate of drug-likeness (QED) is 0.630.